The number of thiazole rings is 1. The molecule has 146 valence electrons. The number of hydrogen-bond donors (Lipinski definition) is 0. The molecule has 5 rings (SSSR count). The van der Waals surface area contributed by atoms with Crippen molar-refractivity contribution in [2.75, 3.05) is 31.1 Å². The van der Waals surface area contributed by atoms with Gasteiger partial charge in [0.05, 0.1) is 10.7 Å². The molecule has 2 fully saturated rings. The lowest BCUT2D eigenvalue weighted by molar-refractivity contribution is 0.247. The highest BCUT2D eigenvalue weighted by atomic mass is 32.1. The molecule has 1 aliphatic carbocycles. The number of hydrogen-bond acceptors (Lipinski definition) is 6. The first kappa shape index (κ1) is 17.8. The fourth-order valence-corrected chi connectivity index (χ4v) is 5.23. The summed E-state index contributed by atoms with van der Waals surface area (Å²) in [5, 5.41) is 3.64. The van der Waals surface area contributed by atoms with Crippen molar-refractivity contribution in [2.45, 2.75) is 38.1 Å². The standard InChI is InChI=1S/C21H26N6S/c1-2-5-17(4-1)21-23-18(15-28-21)14-25-10-12-26(13-11-25)19-6-3-7-20(24-19)27-9-8-22-16-27/h3,6-9,15-17H,1-2,4-5,10-14H2. The van der Waals surface area contributed by atoms with Crippen LogP contribution in [0.15, 0.2) is 42.3 Å². The first-order chi connectivity index (χ1) is 13.8. The van der Waals surface area contributed by atoms with Gasteiger partial charge in [0.1, 0.15) is 18.0 Å². The second-order valence-electron chi connectivity index (χ2n) is 7.75. The molecule has 0 N–H and O–H groups in total. The Morgan fingerprint density at radius 3 is 2.61 bits per heavy atom. The summed E-state index contributed by atoms with van der Waals surface area (Å²) in [6.07, 6.45) is 10.9. The molecular formula is C21H26N6S. The number of piperazine rings is 1. The largest absolute Gasteiger partial charge is 0.354 e. The van der Waals surface area contributed by atoms with Crippen LogP contribution in [0.5, 0.6) is 0 Å². The van der Waals surface area contributed by atoms with Crippen LogP contribution in [0.4, 0.5) is 5.82 Å². The first-order valence-electron chi connectivity index (χ1n) is 10.2. The molecule has 0 bridgehead atoms. The maximum Gasteiger partial charge on any atom is 0.140 e. The molecule has 0 atom stereocenters. The van der Waals surface area contributed by atoms with E-state index in [1.54, 1.807) is 12.5 Å². The van der Waals surface area contributed by atoms with Crippen LogP contribution in [0.1, 0.15) is 42.3 Å². The summed E-state index contributed by atoms with van der Waals surface area (Å²) >= 11 is 1.87. The summed E-state index contributed by atoms with van der Waals surface area (Å²) in [5.41, 5.74) is 1.25. The van der Waals surface area contributed by atoms with Gasteiger partial charge in [-0.2, -0.15) is 0 Å². The summed E-state index contributed by atoms with van der Waals surface area (Å²) in [4.78, 5) is 18.8. The van der Waals surface area contributed by atoms with Crippen molar-refractivity contribution in [3.05, 3.63) is 53.0 Å². The highest BCUT2D eigenvalue weighted by Gasteiger charge is 2.22. The van der Waals surface area contributed by atoms with Gasteiger partial charge in [-0.3, -0.25) is 9.47 Å². The Balaban J connectivity index is 1.18. The summed E-state index contributed by atoms with van der Waals surface area (Å²) in [7, 11) is 0. The van der Waals surface area contributed by atoms with Gasteiger partial charge in [-0.1, -0.05) is 18.9 Å². The molecule has 0 radical (unpaired) electrons. The van der Waals surface area contributed by atoms with Crippen LogP contribution in [-0.2, 0) is 6.54 Å². The average Bonchev–Trinajstić information content (AvgIpc) is 3.50. The van der Waals surface area contributed by atoms with E-state index in [4.69, 9.17) is 9.97 Å². The van der Waals surface area contributed by atoms with Crippen LogP contribution in [0.3, 0.4) is 0 Å². The topological polar surface area (TPSA) is 50.1 Å². The molecule has 3 aromatic rings. The predicted molar refractivity (Wildman–Crippen MR) is 112 cm³/mol. The summed E-state index contributed by atoms with van der Waals surface area (Å²) in [5.74, 6) is 2.69. The van der Waals surface area contributed by atoms with Gasteiger partial charge in [0.25, 0.3) is 0 Å². The average molecular weight is 395 g/mol. The van der Waals surface area contributed by atoms with Gasteiger partial charge >= 0.3 is 0 Å². The SMILES string of the molecule is c1cc(N2CCN(Cc3csc(C4CCCC4)n3)CC2)nc(-n2ccnc2)c1. The second-order valence-corrected chi connectivity index (χ2v) is 8.64. The normalized spacial score (nSPS) is 18.8. The third kappa shape index (κ3) is 3.82. The van der Waals surface area contributed by atoms with Crippen LogP contribution in [0.25, 0.3) is 5.82 Å². The van der Waals surface area contributed by atoms with Gasteiger partial charge in [-0.05, 0) is 25.0 Å². The number of imidazole rings is 1. The molecule has 6 nitrogen and oxygen atoms in total. The number of anilines is 1. The minimum absolute atomic E-state index is 0.726. The van der Waals surface area contributed by atoms with Gasteiger partial charge in [0, 0.05) is 56.4 Å². The molecule has 28 heavy (non-hydrogen) atoms. The molecule has 1 saturated carbocycles. The number of rotatable bonds is 5. The Morgan fingerprint density at radius 2 is 1.82 bits per heavy atom. The lowest BCUT2D eigenvalue weighted by Crippen LogP contribution is -2.46. The van der Waals surface area contributed by atoms with E-state index in [9.17, 15) is 0 Å². The number of pyridine rings is 1. The molecule has 3 aromatic heterocycles. The highest BCUT2D eigenvalue weighted by molar-refractivity contribution is 7.09. The first-order valence-corrected chi connectivity index (χ1v) is 11.1. The Labute approximate surface area is 169 Å². The molecule has 1 saturated heterocycles. The van der Waals surface area contributed by atoms with Crippen molar-refractivity contribution in [2.24, 2.45) is 0 Å². The minimum atomic E-state index is 0.726. The van der Waals surface area contributed by atoms with Crippen molar-refractivity contribution in [3.8, 4) is 5.82 Å². The molecule has 7 heteroatoms. The third-order valence-corrected chi connectivity index (χ3v) is 6.90. The third-order valence-electron chi connectivity index (χ3n) is 5.84. The van der Waals surface area contributed by atoms with Gasteiger partial charge < -0.3 is 4.90 Å². The maximum absolute atomic E-state index is 4.95. The van der Waals surface area contributed by atoms with E-state index in [1.807, 2.05) is 28.2 Å². The lowest BCUT2D eigenvalue weighted by Gasteiger charge is -2.35. The number of aromatic nitrogens is 4. The predicted octanol–water partition coefficient (Wildman–Crippen LogP) is 3.70. The van der Waals surface area contributed by atoms with Crippen molar-refractivity contribution in [1.82, 2.24) is 24.4 Å². The zero-order valence-corrected chi connectivity index (χ0v) is 16.9. The molecule has 0 amide bonds. The van der Waals surface area contributed by atoms with E-state index >= 15 is 0 Å². The molecule has 0 aromatic carbocycles. The van der Waals surface area contributed by atoms with Crippen LogP contribution >= 0.6 is 11.3 Å². The molecule has 4 heterocycles. The van der Waals surface area contributed by atoms with Crippen molar-refractivity contribution in [3.63, 3.8) is 0 Å². The Morgan fingerprint density at radius 1 is 1.00 bits per heavy atom. The fraction of sp³-hybridized carbons (Fsp3) is 0.476. The Kier molecular flexibility index (Phi) is 5.10. The molecule has 1 aliphatic heterocycles. The summed E-state index contributed by atoms with van der Waals surface area (Å²) in [6, 6.07) is 6.19. The quantitative estimate of drug-likeness (QED) is 0.660. The summed E-state index contributed by atoms with van der Waals surface area (Å²) < 4.78 is 1.95. The van der Waals surface area contributed by atoms with Crippen molar-refractivity contribution >= 4 is 17.2 Å². The molecular weight excluding hydrogens is 368 g/mol. The highest BCUT2D eigenvalue weighted by Crippen LogP contribution is 2.35. The van der Waals surface area contributed by atoms with Crippen LogP contribution < -0.4 is 4.90 Å². The summed E-state index contributed by atoms with van der Waals surface area (Å²) in [6.45, 7) is 5.07. The van der Waals surface area contributed by atoms with Crippen LogP contribution in [0, 0.1) is 0 Å². The zero-order valence-electron chi connectivity index (χ0n) is 16.1. The minimum Gasteiger partial charge on any atom is -0.354 e. The fourth-order valence-electron chi connectivity index (χ4n) is 4.25. The lowest BCUT2D eigenvalue weighted by atomic mass is 10.1. The Bertz CT molecular complexity index is 891. The second kappa shape index (κ2) is 8.01. The maximum atomic E-state index is 4.95. The zero-order chi connectivity index (χ0) is 18.8. The van der Waals surface area contributed by atoms with E-state index in [0.717, 1.165) is 50.3 Å². The smallest absolute Gasteiger partial charge is 0.140 e. The molecule has 2 aliphatic rings. The van der Waals surface area contributed by atoms with E-state index < -0.39 is 0 Å². The molecule has 0 spiro atoms. The van der Waals surface area contributed by atoms with E-state index in [2.05, 4.69) is 32.3 Å². The van der Waals surface area contributed by atoms with Gasteiger partial charge in [-0.25, -0.2) is 15.0 Å². The van der Waals surface area contributed by atoms with Crippen LogP contribution in [-0.4, -0.2) is 50.6 Å². The van der Waals surface area contributed by atoms with Gasteiger partial charge in [0.15, 0.2) is 0 Å². The monoisotopic (exact) mass is 394 g/mol. The van der Waals surface area contributed by atoms with Gasteiger partial charge in [0.2, 0.25) is 0 Å². The van der Waals surface area contributed by atoms with Crippen molar-refractivity contribution < 1.29 is 0 Å². The number of nitrogens with zero attached hydrogens (tertiary/aromatic N) is 6. The molecule has 0 unspecified atom stereocenters. The van der Waals surface area contributed by atoms with E-state index in [1.165, 1.54) is 36.4 Å². The van der Waals surface area contributed by atoms with Crippen molar-refractivity contribution in [1.29, 1.82) is 0 Å². The van der Waals surface area contributed by atoms with Gasteiger partial charge in [-0.15, -0.1) is 11.3 Å². The van der Waals surface area contributed by atoms with E-state index in [0.29, 0.717) is 0 Å². The Hall–Kier alpha value is -2.25. The van der Waals surface area contributed by atoms with E-state index in [-0.39, 0.29) is 0 Å². The van der Waals surface area contributed by atoms with Crippen LogP contribution in [0.2, 0.25) is 0 Å².